The molecule has 1 unspecified atom stereocenters. The highest BCUT2D eigenvalue weighted by Crippen LogP contribution is 2.40. The zero-order valence-electron chi connectivity index (χ0n) is 25.0. The molecular formula is C32H41N5O6. The molecule has 0 aromatic heterocycles. The van der Waals surface area contributed by atoms with Crippen LogP contribution in [0.15, 0.2) is 77.1 Å². The van der Waals surface area contributed by atoms with E-state index in [0.717, 1.165) is 31.7 Å². The number of carbonyl (C=O) groups excluding carboxylic acids is 3. The lowest BCUT2D eigenvalue weighted by Gasteiger charge is -2.31. The summed E-state index contributed by atoms with van der Waals surface area (Å²) in [4.78, 5) is 42.0. The minimum absolute atomic E-state index is 0.0829. The number of benzene rings is 2. The Kier molecular flexibility index (Phi) is 11.7. The van der Waals surface area contributed by atoms with Crippen molar-refractivity contribution in [3.05, 3.63) is 88.3 Å². The molecule has 0 aliphatic carbocycles. The van der Waals surface area contributed by atoms with Gasteiger partial charge >= 0.3 is 18.0 Å². The van der Waals surface area contributed by atoms with E-state index in [1.54, 1.807) is 39.2 Å². The number of nitrogens with one attached hydrogen (secondary N) is 4. The summed E-state index contributed by atoms with van der Waals surface area (Å²) >= 11 is 0. The van der Waals surface area contributed by atoms with Crippen LogP contribution in [0.2, 0.25) is 0 Å². The molecule has 11 heteroatoms. The predicted molar refractivity (Wildman–Crippen MR) is 163 cm³/mol. The van der Waals surface area contributed by atoms with Crippen LogP contribution in [-0.4, -0.2) is 82.5 Å². The number of carbonyl (C=O) groups is 3. The van der Waals surface area contributed by atoms with Crippen LogP contribution < -0.4 is 21.3 Å². The van der Waals surface area contributed by atoms with Gasteiger partial charge < -0.3 is 35.5 Å². The van der Waals surface area contributed by atoms with Gasteiger partial charge in [-0.3, -0.25) is 4.90 Å². The van der Waals surface area contributed by atoms with Crippen molar-refractivity contribution in [3.63, 3.8) is 0 Å². The van der Waals surface area contributed by atoms with E-state index in [2.05, 4.69) is 26.2 Å². The second-order valence-electron chi connectivity index (χ2n) is 10.4. The standard InChI is InChI=1S/C32H41N5O6/c1-22-27(30(38)42-19-17-37-15-12-33-13-16-37)29(25-10-7-11-26(20-25)36-32(40)34-14-18-41-3)28(23(2)35-22)31(39)43-21-24-8-5-4-6-9-24/h4-11,20,29,33,35H,12-19,21H2,1-3H3,(H2,34,36,40). The van der Waals surface area contributed by atoms with Gasteiger partial charge in [0.25, 0.3) is 0 Å². The van der Waals surface area contributed by atoms with Crippen molar-refractivity contribution in [1.82, 2.24) is 20.9 Å². The summed E-state index contributed by atoms with van der Waals surface area (Å²) in [7, 11) is 1.56. The van der Waals surface area contributed by atoms with Crippen LogP contribution in [0.1, 0.15) is 30.9 Å². The lowest BCUT2D eigenvalue weighted by Crippen LogP contribution is -2.44. The van der Waals surface area contributed by atoms with Gasteiger partial charge in [0.2, 0.25) is 0 Å². The van der Waals surface area contributed by atoms with E-state index in [-0.39, 0.29) is 13.2 Å². The van der Waals surface area contributed by atoms with Crippen LogP contribution in [-0.2, 0) is 30.4 Å². The molecule has 11 nitrogen and oxygen atoms in total. The number of dihydropyridines is 1. The maximum Gasteiger partial charge on any atom is 0.337 e. The van der Waals surface area contributed by atoms with Gasteiger partial charge in [0.05, 0.1) is 23.7 Å². The van der Waals surface area contributed by atoms with Crippen LogP contribution in [0.4, 0.5) is 10.5 Å². The second kappa shape index (κ2) is 15.9. The summed E-state index contributed by atoms with van der Waals surface area (Å²) in [6.45, 7) is 8.82. The predicted octanol–water partition coefficient (Wildman–Crippen LogP) is 2.88. The molecule has 0 radical (unpaired) electrons. The Hall–Kier alpha value is -4.19. The SMILES string of the molecule is COCCNC(=O)Nc1cccc(C2C(C(=O)OCCN3CCNCC3)=C(C)NC(C)=C2C(=O)OCc2ccccc2)c1. The minimum Gasteiger partial charge on any atom is -0.461 e. The number of esters is 2. The maximum atomic E-state index is 13.7. The van der Waals surface area contributed by atoms with Crippen LogP contribution in [0, 0.1) is 0 Å². The smallest absolute Gasteiger partial charge is 0.337 e. The fourth-order valence-electron chi connectivity index (χ4n) is 5.19. The van der Waals surface area contributed by atoms with E-state index >= 15 is 0 Å². The van der Waals surface area contributed by atoms with E-state index in [0.29, 0.717) is 53.5 Å². The quantitative estimate of drug-likeness (QED) is 0.217. The number of anilines is 1. The second-order valence-corrected chi connectivity index (χ2v) is 10.4. The number of piperazine rings is 1. The minimum atomic E-state index is -0.783. The first-order valence-corrected chi connectivity index (χ1v) is 14.5. The Morgan fingerprint density at radius 2 is 1.60 bits per heavy atom. The fraction of sp³-hybridized carbons (Fsp3) is 0.406. The first kappa shape index (κ1) is 31.7. The van der Waals surface area contributed by atoms with E-state index in [1.807, 2.05) is 36.4 Å². The largest absolute Gasteiger partial charge is 0.461 e. The van der Waals surface area contributed by atoms with Gasteiger partial charge in [0, 0.05) is 63.5 Å². The highest BCUT2D eigenvalue weighted by Gasteiger charge is 2.38. The topological polar surface area (TPSA) is 130 Å². The molecule has 0 spiro atoms. The van der Waals surface area contributed by atoms with Crippen LogP contribution in [0.5, 0.6) is 0 Å². The molecule has 4 rings (SSSR count). The number of methoxy groups -OCH3 is 1. The summed E-state index contributed by atoms with van der Waals surface area (Å²) in [6, 6.07) is 16.1. The molecule has 2 heterocycles. The number of allylic oxidation sites excluding steroid dienone is 2. The van der Waals surface area contributed by atoms with Gasteiger partial charge in [-0.05, 0) is 37.1 Å². The molecule has 2 aliphatic rings. The summed E-state index contributed by atoms with van der Waals surface area (Å²) in [5.74, 6) is -1.84. The van der Waals surface area contributed by atoms with Crippen LogP contribution in [0.25, 0.3) is 0 Å². The average molecular weight is 592 g/mol. The molecule has 2 aromatic rings. The van der Waals surface area contributed by atoms with Gasteiger partial charge in [-0.2, -0.15) is 0 Å². The fourth-order valence-corrected chi connectivity index (χ4v) is 5.19. The van der Waals surface area contributed by atoms with E-state index in [9.17, 15) is 14.4 Å². The van der Waals surface area contributed by atoms with Crippen molar-refractivity contribution < 1.29 is 28.6 Å². The number of ether oxygens (including phenoxy) is 3. The summed E-state index contributed by atoms with van der Waals surface area (Å²) in [5.41, 5.74) is 3.77. The molecule has 0 saturated carbocycles. The number of urea groups is 1. The first-order valence-electron chi connectivity index (χ1n) is 14.5. The number of hydrogen-bond donors (Lipinski definition) is 4. The molecule has 4 N–H and O–H groups in total. The molecule has 2 amide bonds. The van der Waals surface area contributed by atoms with Gasteiger partial charge in [0.15, 0.2) is 0 Å². The molecule has 1 fully saturated rings. The Morgan fingerprint density at radius 3 is 2.30 bits per heavy atom. The Morgan fingerprint density at radius 1 is 0.907 bits per heavy atom. The molecule has 2 aromatic carbocycles. The van der Waals surface area contributed by atoms with Crippen LogP contribution in [0.3, 0.4) is 0 Å². The van der Waals surface area contributed by atoms with Crippen molar-refractivity contribution in [1.29, 1.82) is 0 Å². The Labute approximate surface area is 252 Å². The van der Waals surface area contributed by atoms with Gasteiger partial charge in [-0.15, -0.1) is 0 Å². The highest BCUT2D eigenvalue weighted by molar-refractivity contribution is 6.00. The van der Waals surface area contributed by atoms with E-state index < -0.39 is 23.9 Å². The third-order valence-corrected chi connectivity index (χ3v) is 7.33. The maximum absolute atomic E-state index is 13.7. The molecule has 0 bridgehead atoms. The zero-order chi connectivity index (χ0) is 30.6. The Bertz CT molecular complexity index is 1340. The normalized spacial score (nSPS) is 17.2. The van der Waals surface area contributed by atoms with Crippen LogP contribution >= 0.6 is 0 Å². The summed E-state index contributed by atoms with van der Waals surface area (Å²) < 4.78 is 16.5. The lowest BCUT2D eigenvalue weighted by molar-refractivity contribution is -0.141. The number of amides is 2. The monoisotopic (exact) mass is 591 g/mol. The van der Waals surface area contributed by atoms with E-state index in [4.69, 9.17) is 14.2 Å². The number of rotatable bonds is 12. The molecule has 230 valence electrons. The van der Waals surface area contributed by atoms with Crippen molar-refractivity contribution in [2.24, 2.45) is 0 Å². The van der Waals surface area contributed by atoms with Gasteiger partial charge in [0.1, 0.15) is 13.2 Å². The first-order chi connectivity index (χ1) is 20.9. The number of nitrogens with zero attached hydrogens (tertiary/aromatic N) is 1. The summed E-state index contributed by atoms with van der Waals surface area (Å²) in [6.07, 6.45) is 0. The van der Waals surface area contributed by atoms with E-state index in [1.165, 1.54) is 0 Å². The van der Waals surface area contributed by atoms with Gasteiger partial charge in [-0.25, -0.2) is 14.4 Å². The summed E-state index contributed by atoms with van der Waals surface area (Å²) in [5, 5.41) is 12.1. The third-order valence-electron chi connectivity index (χ3n) is 7.33. The molecule has 2 aliphatic heterocycles. The molecule has 43 heavy (non-hydrogen) atoms. The van der Waals surface area contributed by atoms with Gasteiger partial charge in [-0.1, -0.05) is 42.5 Å². The molecular weight excluding hydrogens is 550 g/mol. The average Bonchev–Trinajstić information content (AvgIpc) is 3.00. The lowest BCUT2D eigenvalue weighted by atomic mass is 9.80. The Balaban J connectivity index is 1.60. The molecule has 1 saturated heterocycles. The third kappa shape index (κ3) is 8.90. The van der Waals surface area contributed by atoms with Crippen molar-refractivity contribution in [2.75, 3.05) is 64.9 Å². The van der Waals surface area contributed by atoms with Crippen molar-refractivity contribution in [2.45, 2.75) is 26.4 Å². The molecule has 1 atom stereocenters. The number of hydrogen-bond acceptors (Lipinski definition) is 9. The highest BCUT2D eigenvalue weighted by atomic mass is 16.5. The van der Waals surface area contributed by atoms with Crippen molar-refractivity contribution in [3.8, 4) is 0 Å². The zero-order valence-corrected chi connectivity index (χ0v) is 25.0. The van der Waals surface area contributed by atoms with Crippen molar-refractivity contribution >= 4 is 23.7 Å².